The van der Waals surface area contributed by atoms with Crippen LogP contribution in [0.25, 0.3) is 0 Å². The van der Waals surface area contributed by atoms with Gasteiger partial charge in [-0.15, -0.1) is 0 Å². The summed E-state index contributed by atoms with van der Waals surface area (Å²) in [5.74, 6) is 1.65. The number of hydrogen-bond acceptors (Lipinski definition) is 3. The van der Waals surface area contributed by atoms with Gasteiger partial charge in [0.15, 0.2) is 0 Å². The van der Waals surface area contributed by atoms with E-state index in [4.69, 9.17) is 15.2 Å². The molecule has 1 fully saturated rings. The van der Waals surface area contributed by atoms with Gasteiger partial charge in [0, 0.05) is 6.61 Å². The highest BCUT2D eigenvalue weighted by Crippen LogP contribution is 2.36. The average molecular weight is 283 g/mol. The Balaban J connectivity index is 1.72. The number of hydrogen-bond donors (Lipinski definition) is 1. The monoisotopic (exact) mass is 283 g/mol. The average Bonchev–Trinajstić information content (AvgIpc) is 2.96. The van der Waals surface area contributed by atoms with Gasteiger partial charge in [-0.05, 0) is 49.6 Å². The summed E-state index contributed by atoms with van der Waals surface area (Å²) in [6.07, 6.45) is 2.09. The lowest BCUT2D eigenvalue weighted by molar-refractivity contribution is -0.00174. The molecule has 1 aliphatic heterocycles. The third kappa shape index (κ3) is 3.09. The maximum absolute atomic E-state index is 6.37. The molecule has 3 heteroatoms. The Morgan fingerprint density at radius 3 is 2.33 bits per heavy atom. The second-order valence-corrected chi connectivity index (χ2v) is 5.73. The van der Waals surface area contributed by atoms with Crippen LogP contribution < -0.4 is 10.5 Å². The Hall–Kier alpha value is -1.84. The SMILES string of the molecule is CC1(C(N)c2ccc(Oc3ccccc3)cc2)CCCO1. The van der Waals surface area contributed by atoms with Crippen LogP contribution in [0.1, 0.15) is 31.4 Å². The van der Waals surface area contributed by atoms with Crippen molar-refractivity contribution in [2.24, 2.45) is 5.73 Å². The minimum Gasteiger partial charge on any atom is -0.457 e. The highest BCUT2D eigenvalue weighted by molar-refractivity contribution is 5.34. The summed E-state index contributed by atoms with van der Waals surface area (Å²) in [6.45, 7) is 2.90. The van der Waals surface area contributed by atoms with Gasteiger partial charge in [0.25, 0.3) is 0 Å². The van der Waals surface area contributed by atoms with Crippen molar-refractivity contribution in [3.8, 4) is 11.5 Å². The molecular formula is C18H21NO2. The van der Waals surface area contributed by atoms with Crippen LogP contribution in [0.3, 0.4) is 0 Å². The fourth-order valence-electron chi connectivity index (χ4n) is 2.77. The molecule has 21 heavy (non-hydrogen) atoms. The normalized spacial score (nSPS) is 23.0. The van der Waals surface area contributed by atoms with Gasteiger partial charge >= 0.3 is 0 Å². The van der Waals surface area contributed by atoms with E-state index >= 15 is 0 Å². The Morgan fingerprint density at radius 2 is 1.71 bits per heavy atom. The van der Waals surface area contributed by atoms with Gasteiger partial charge in [-0.2, -0.15) is 0 Å². The van der Waals surface area contributed by atoms with Crippen LogP contribution in [-0.2, 0) is 4.74 Å². The van der Waals surface area contributed by atoms with E-state index in [1.807, 2.05) is 54.6 Å². The fraction of sp³-hybridized carbons (Fsp3) is 0.333. The summed E-state index contributed by atoms with van der Waals surface area (Å²) < 4.78 is 11.6. The van der Waals surface area contributed by atoms with Crippen molar-refractivity contribution in [3.05, 3.63) is 60.2 Å². The van der Waals surface area contributed by atoms with E-state index in [0.717, 1.165) is 36.5 Å². The quantitative estimate of drug-likeness (QED) is 0.920. The van der Waals surface area contributed by atoms with Crippen LogP contribution in [-0.4, -0.2) is 12.2 Å². The fourth-order valence-corrected chi connectivity index (χ4v) is 2.77. The van der Waals surface area contributed by atoms with E-state index in [0.29, 0.717) is 0 Å². The van der Waals surface area contributed by atoms with Gasteiger partial charge in [0.1, 0.15) is 11.5 Å². The van der Waals surface area contributed by atoms with Crippen molar-refractivity contribution in [2.45, 2.75) is 31.4 Å². The number of nitrogens with two attached hydrogens (primary N) is 1. The van der Waals surface area contributed by atoms with Crippen LogP contribution in [0.4, 0.5) is 0 Å². The van der Waals surface area contributed by atoms with Crippen LogP contribution in [0, 0.1) is 0 Å². The van der Waals surface area contributed by atoms with Crippen molar-refractivity contribution < 1.29 is 9.47 Å². The summed E-state index contributed by atoms with van der Waals surface area (Å²) in [4.78, 5) is 0. The predicted octanol–water partition coefficient (Wildman–Crippen LogP) is 4.05. The molecule has 110 valence electrons. The molecule has 1 aliphatic rings. The minimum atomic E-state index is -0.248. The van der Waals surface area contributed by atoms with E-state index < -0.39 is 0 Å². The molecule has 2 aromatic carbocycles. The lowest BCUT2D eigenvalue weighted by Gasteiger charge is -2.30. The topological polar surface area (TPSA) is 44.5 Å². The van der Waals surface area contributed by atoms with Gasteiger partial charge < -0.3 is 15.2 Å². The molecule has 2 unspecified atom stereocenters. The summed E-state index contributed by atoms with van der Waals surface area (Å²) in [6, 6.07) is 17.6. The van der Waals surface area contributed by atoms with E-state index in [2.05, 4.69) is 6.92 Å². The Morgan fingerprint density at radius 1 is 1.05 bits per heavy atom. The Bertz CT molecular complexity index is 574. The first kappa shape index (κ1) is 14.1. The summed E-state index contributed by atoms with van der Waals surface area (Å²) in [7, 11) is 0. The van der Waals surface area contributed by atoms with Gasteiger partial charge in [-0.1, -0.05) is 30.3 Å². The molecule has 0 aromatic heterocycles. The molecular weight excluding hydrogens is 262 g/mol. The second-order valence-electron chi connectivity index (χ2n) is 5.73. The first-order valence-electron chi connectivity index (χ1n) is 7.40. The number of para-hydroxylation sites is 1. The number of ether oxygens (including phenoxy) is 2. The van der Waals surface area contributed by atoms with Crippen LogP contribution in [0.2, 0.25) is 0 Å². The molecule has 0 amide bonds. The third-order valence-electron chi connectivity index (χ3n) is 4.13. The molecule has 0 saturated carbocycles. The zero-order valence-corrected chi connectivity index (χ0v) is 12.3. The molecule has 1 saturated heterocycles. The van der Waals surface area contributed by atoms with Crippen molar-refractivity contribution >= 4 is 0 Å². The number of benzene rings is 2. The van der Waals surface area contributed by atoms with Gasteiger partial charge in [0.2, 0.25) is 0 Å². The maximum atomic E-state index is 6.37. The maximum Gasteiger partial charge on any atom is 0.127 e. The van der Waals surface area contributed by atoms with Gasteiger partial charge in [-0.3, -0.25) is 0 Å². The van der Waals surface area contributed by atoms with Crippen molar-refractivity contribution in [2.75, 3.05) is 6.61 Å². The van der Waals surface area contributed by atoms with Gasteiger partial charge in [-0.25, -0.2) is 0 Å². The Labute approximate surface area is 125 Å². The smallest absolute Gasteiger partial charge is 0.127 e. The predicted molar refractivity (Wildman–Crippen MR) is 83.5 cm³/mol. The molecule has 0 spiro atoms. The molecule has 2 N–H and O–H groups in total. The molecule has 2 aromatic rings. The zero-order chi connectivity index (χ0) is 14.7. The molecule has 0 bridgehead atoms. The minimum absolute atomic E-state index is 0.106. The van der Waals surface area contributed by atoms with E-state index in [1.54, 1.807) is 0 Å². The lowest BCUT2D eigenvalue weighted by atomic mass is 9.88. The molecule has 3 rings (SSSR count). The van der Waals surface area contributed by atoms with E-state index in [1.165, 1.54) is 0 Å². The highest BCUT2D eigenvalue weighted by atomic mass is 16.5. The lowest BCUT2D eigenvalue weighted by Crippen LogP contribution is -2.37. The molecule has 3 nitrogen and oxygen atoms in total. The van der Waals surface area contributed by atoms with Crippen LogP contribution in [0.15, 0.2) is 54.6 Å². The summed E-state index contributed by atoms with van der Waals surface area (Å²) >= 11 is 0. The molecule has 2 atom stereocenters. The van der Waals surface area contributed by atoms with Crippen LogP contribution >= 0.6 is 0 Å². The Kier molecular flexibility index (Phi) is 3.95. The first-order chi connectivity index (χ1) is 10.2. The second kappa shape index (κ2) is 5.88. The zero-order valence-electron chi connectivity index (χ0n) is 12.3. The number of rotatable bonds is 4. The van der Waals surface area contributed by atoms with Crippen molar-refractivity contribution in [1.82, 2.24) is 0 Å². The standard InChI is InChI=1S/C18H21NO2/c1-18(12-5-13-20-18)17(19)14-8-10-16(11-9-14)21-15-6-3-2-4-7-15/h2-4,6-11,17H,5,12-13,19H2,1H3. The van der Waals surface area contributed by atoms with Gasteiger partial charge in [0.05, 0.1) is 11.6 Å². The molecule has 0 radical (unpaired) electrons. The molecule has 0 aliphatic carbocycles. The highest BCUT2D eigenvalue weighted by Gasteiger charge is 2.36. The van der Waals surface area contributed by atoms with Crippen LogP contribution in [0.5, 0.6) is 11.5 Å². The summed E-state index contributed by atoms with van der Waals surface area (Å²) in [5, 5.41) is 0. The van der Waals surface area contributed by atoms with E-state index in [-0.39, 0.29) is 11.6 Å². The first-order valence-corrected chi connectivity index (χ1v) is 7.40. The van der Waals surface area contributed by atoms with Crippen molar-refractivity contribution in [1.29, 1.82) is 0 Å². The largest absolute Gasteiger partial charge is 0.457 e. The third-order valence-corrected chi connectivity index (χ3v) is 4.13. The van der Waals surface area contributed by atoms with E-state index in [9.17, 15) is 0 Å². The summed E-state index contributed by atoms with van der Waals surface area (Å²) in [5.41, 5.74) is 7.21. The van der Waals surface area contributed by atoms with Crippen molar-refractivity contribution in [3.63, 3.8) is 0 Å². The molecule has 1 heterocycles.